The molecule has 1 aromatic heterocycles. The highest BCUT2D eigenvalue weighted by Gasteiger charge is 2.11. The molecule has 0 saturated heterocycles. The van der Waals surface area contributed by atoms with Crippen molar-refractivity contribution in [1.29, 1.82) is 0 Å². The molecule has 0 bridgehead atoms. The van der Waals surface area contributed by atoms with E-state index in [4.69, 9.17) is 0 Å². The van der Waals surface area contributed by atoms with E-state index in [0.717, 1.165) is 30.4 Å². The van der Waals surface area contributed by atoms with Crippen LogP contribution in [0.3, 0.4) is 0 Å². The summed E-state index contributed by atoms with van der Waals surface area (Å²) >= 11 is 0. The second-order valence-corrected chi connectivity index (χ2v) is 4.51. The number of rotatable bonds is 3. The monoisotopic (exact) mass is 233 g/mol. The highest BCUT2D eigenvalue weighted by Crippen LogP contribution is 2.07. The number of pyridine rings is 1. The molecule has 1 unspecified atom stereocenters. The summed E-state index contributed by atoms with van der Waals surface area (Å²) in [4.78, 5) is 10.7. The Morgan fingerprint density at radius 2 is 2.29 bits per heavy atom. The summed E-state index contributed by atoms with van der Waals surface area (Å²) in [5.41, 5.74) is 1.15. The predicted molar refractivity (Wildman–Crippen MR) is 70.3 cm³/mol. The molecule has 0 aromatic carbocycles. The molecule has 5 nitrogen and oxygen atoms in total. The Morgan fingerprint density at radius 1 is 1.47 bits per heavy atom. The molecule has 0 aliphatic carbocycles. The minimum Gasteiger partial charge on any atom is -0.363 e. The molecular formula is C12H19N5. The Labute approximate surface area is 102 Å². The first-order valence-corrected chi connectivity index (χ1v) is 5.82. The largest absolute Gasteiger partial charge is 0.363 e. The molecule has 2 heterocycles. The SMILES string of the molecule is CC1CN=C(NCc2ccc(N(C)C)nc2)N1. The van der Waals surface area contributed by atoms with Crippen molar-refractivity contribution in [2.45, 2.75) is 19.5 Å². The summed E-state index contributed by atoms with van der Waals surface area (Å²) in [5.74, 6) is 1.85. The van der Waals surface area contributed by atoms with Gasteiger partial charge in [-0.3, -0.25) is 4.99 Å². The maximum atomic E-state index is 4.36. The lowest BCUT2D eigenvalue weighted by atomic mass is 10.3. The fraction of sp³-hybridized carbons (Fsp3) is 0.500. The molecule has 2 N–H and O–H groups in total. The van der Waals surface area contributed by atoms with E-state index >= 15 is 0 Å². The average molecular weight is 233 g/mol. The Bertz CT molecular complexity index is 396. The van der Waals surface area contributed by atoms with Gasteiger partial charge in [-0.05, 0) is 18.6 Å². The zero-order chi connectivity index (χ0) is 12.3. The molecule has 17 heavy (non-hydrogen) atoms. The molecule has 0 spiro atoms. The molecular weight excluding hydrogens is 214 g/mol. The number of anilines is 1. The number of guanidine groups is 1. The van der Waals surface area contributed by atoms with Crippen molar-refractivity contribution in [2.24, 2.45) is 4.99 Å². The molecule has 1 atom stereocenters. The van der Waals surface area contributed by atoms with E-state index in [1.54, 1.807) is 0 Å². The third-order valence-corrected chi connectivity index (χ3v) is 2.63. The van der Waals surface area contributed by atoms with Crippen LogP contribution in [0.15, 0.2) is 23.3 Å². The van der Waals surface area contributed by atoms with Gasteiger partial charge in [0.15, 0.2) is 5.96 Å². The third kappa shape index (κ3) is 3.09. The van der Waals surface area contributed by atoms with Crippen molar-refractivity contribution in [2.75, 3.05) is 25.5 Å². The molecule has 0 amide bonds. The molecule has 1 aliphatic rings. The second kappa shape index (κ2) is 5.03. The van der Waals surface area contributed by atoms with Gasteiger partial charge in [-0.25, -0.2) is 4.98 Å². The third-order valence-electron chi connectivity index (χ3n) is 2.63. The van der Waals surface area contributed by atoms with E-state index in [-0.39, 0.29) is 0 Å². The second-order valence-electron chi connectivity index (χ2n) is 4.51. The highest BCUT2D eigenvalue weighted by atomic mass is 15.2. The molecule has 1 aliphatic heterocycles. The van der Waals surface area contributed by atoms with Crippen LogP contribution in [0.1, 0.15) is 12.5 Å². The first-order valence-electron chi connectivity index (χ1n) is 5.82. The van der Waals surface area contributed by atoms with Crippen molar-refractivity contribution in [3.05, 3.63) is 23.9 Å². The van der Waals surface area contributed by atoms with E-state index < -0.39 is 0 Å². The predicted octanol–water partition coefficient (Wildman–Crippen LogP) is 0.585. The van der Waals surface area contributed by atoms with Crippen LogP contribution < -0.4 is 15.5 Å². The summed E-state index contributed by atoms with van der Waals surface area (Å²) in [6, 6.07) is 4.53. The van der Waals surface area contributed by atoms with Gasteiger partial charge < -0.3 is 15.5 Å². The van der Waals surface area contributed by atoms with E-state index in [1.165, 1.54) is 0 Å². The first-order chi connectivity index (χ1) is 8.15. The van der Waals surface area contributed by atoms with Crippen LogP contribution in [0.25, 0.3) is 0 Å². The van der Waals surface area contributed by atoms with Crippen LogP contribution in [0.4, 0.5) is 5.82 Å². The molecule has 2 rings (SSSR count). The maximum Gasteiger partial charge on any atom is 0.191 e. The lowest BCUT2D eigenvalue weighted by Crippen LogP contribution is -2.37. The van der Waals surface area contributed by atoms with E-state index in [0.29, 0.717) is 6.04 Å². The van der Waals surface area contributed by atoms with E-state index in [9.17, 15) is 0 Å². The van der Waals surface area contributed by atoms with Crippen molar-refractivity contribution in [3.8, 4) is 0 Å². The smallest absolute Gasteiger partial charge is 0.191 e. The van der Waals surface area contributed by atoms with Crippen LogP contribution in [0, 0.1) is 0 Å². The fourth-order valence-electron chi connectivity index (χ4n) is 1.63. The minimum atomic E-state index is 0.437. The Hall–Kier alpha value is -1.78. The molecule has 0 radical (unpaired) electrons. The standard InChI is InChI=1S/C12H19N5/c1-9-6-14-12(16-9)15-8-10-4-5-11(13-7-10)17(2)3/h4-5,7,9H,6,8H2,1-3H3,(H2,14,15,16). The Balaban J connectivity index is 1.87. The van der Waals surface area contributed by atoms with Crippen LogP contribution in [0.5, 0.6) is 0 Å². The van der Waals surface area contributed by atoms with Gasteiger partial charge in [0.05, 0.1) is 6.54 Å². The number of nitrogens with zero attached hydrogens (tertiary/aromatic N) is 3. The van der Waals surface area contributed by atoms with Gasteiger partial charge >= 0.3 is 0 Å². The summed E-state index contributed by atoms with van der Waals surface area (Å²) < 4.78 is 0. The lowest BCUT2D eigenvalue weighted by Gasteiger charge is -2.12. The van der Waals surface area contributed by atoms with Crippen molar-refractivity contribution >= 4 is 11.8 Å². The van der Waals surface area contributed by atoms with Gasteiger partial charge in [0.2, 0.25) is 0 Å². The Kier molecular flexibility index (Phi) is 3.46. The van der Waals surface area contributed by atoms with Crippen molar-refractivity contribution in [1.82, 2.24) is 15.6 Å². The van der Waals surface area contributed by atoms with Gasteiger partial charge in [-0.15, -0.1) is 0 Å². The van der Waals surface area contributed by atoms with Gasteiger partial charge in [-0.1, -0.05) is 6.07 Å². The number of nitrogens with one attached hydrogen (secondary N) is 2. The number of hydrogen-bond acceptors (Lipinski definition) is 5. The van der Waals surface area contributed by atoms with Crippen LogP contribution in [-0.4, -0.2) is 37.6 Å². The van der Waals surface area contributed by atoms with Crippen LogP contribution in [-0.2, 0) is 6.54 Å². The maximum absolute atomic E-state index is 4.36. The molecule has 0 fully saturated rings. The average Bonchev–Trinajstić information content (AvgIpc) is 2.73. The number of aliphatic imine (C=N–C) groups is 1. The van der Waals surface area contributed by atoms with Gasteiger partial charge in [-0.2, -0.15) is 0 Å². The van der Waals surface area contributed by atoms with Crippen molar-refractivity contribution < 1.29 is 0 Å². The highest BCUT2D eigenvalue weighted by molar-refractivity contribution is 5.81. The molecule has 0 saturated carbocycles. The van der Waals surface area contributed by atoms with Gasteiger partial charge in [0.25, 0.3) is 0 Å². The van der Waals surface area contributed by atoms with E-state index in [1.807, 2.05) is 31.3 Å². The summed E-state index contributed by atoms with van der Waals surface area (Å²) in [6.07, 6.45) is 1.89. The number of hydrogen-bond donors (Lipinski definition) is 2. The lowest BCUT2D eigenvalue weighted by molar-refractivity contribution is 0.713. The minimum absolute atomic E-state index is 0.437. The topological polar surface area (TPSA) is 52.6 Å². The molecule has 92 valence electrons. The van der Waals surface area contributed by atoms with Gasteiger partial charge in [0, 0.05) is 32.9 Å². The van der Waals surface area contributed by atoms with Crippen LogP contribution in [0.2, 0.25) is 0 Å². The quantitative estimate of drug-likeness (QED) is 0.802. The number of aromatic nitrogens is 1. The van der Waals surface area contributed by atoms with Gasteiger partial charge in [0.1, 0.15) is 5.82 Å². The molecule has 1 aromatic rings. The zero-order valence-electron chi connectivity index (χ0n) is 10.6. The first kappa shape index (κ1) is 11.7. The summed E-state index contributed by atoms with van der Waals surface area (Å²) in [6.45, 7) is 3.71. The fourth-order valence-corrected chi connectivity index (χ4v) is 1.63. The molecule has 5 heteroatoms. The van der Waals surface area contributed by atoms with E-state index in [2.05, 4.69) is 33.6 Å². The normalized spacial score (nSPS) is 18.5. The van der Waals surface area contributed by atoms with Crippen molar-refractivity contribution in [3.63, 3.8) is 0 Å². The van der Waals surface area contributed by atoms with Crippen LogP contribution >= 0.6 is 0 Å². The summed E-state index contributed by atoms with van der Waals surface area (Å²) in [7, 11) is 3.97. The zero-order valence-corrected chi connectivity index (χ0v) is 10.6. The Morgan fingerprint density at radius 3 is 2.82 bits per heavy atom. The summed E-state index contributed by atoms with van der Waals surface area (Å²) in [5, 5.41) is 6.53.